The van der Waals surface area contributed by atoms with E-state index in [4.69, 9.17) is 10.2 Å². The van der Waals surface area contributed by atoms with Crippen molar-refractivity contribution in [3.8, 4) is 5.75 Å². The highest BCUT2D eigenvalue weighted by Gasteiger charge is 2.33. The number of phenolic OH excluding ortho intramolecular Hbond substituents is 1. The minimum Gasteiger partial charge on any atom is -0.508 e. The van der Waals surface area contributed by atoms with Crippen LogP contribution in [0.25, 0.3) is 0 Å². The monoisotopic (exact) mass is 206 g/mol. The van der Waals surface area contributed by atoms with Gasteiger partial charge in [-0.05, 0) is 42.4 Å². The van der Waals surface area contributed by atoms with E-state index >= 15 is 0 Å². The second-order valence-electron chi connectivity index (χ2n) is 4.13. The van der Waals surface area contributed by atoms with Crippen LogP contribution in [0.4, 0.5) is 0 Å². The molecule has 2 N–H and O–H groups in total. The maximum absolute atomic E-state index is 10.7. The van der Waals surface area contributed by atoms with Crippen molar-refractivity contribution in [3.05, 3.63) is 29.8 Å². The van der Waals surface area contributed by atoms with Crippen molar-refractivity contribution in [2.75, 3.05) is 0 Å². The molecule has 1 unspecified atom stereocenters. The first-order valence-electron chi connectivity index (χ1n) is 5.17. The number of carbonyl (C=O) groups is 1. The van der Waals surface area contributed by atoms with E-state index in [0.29, 0.717) is 5.92 Å². The highest BCUT2D eigenvalue weighted by atomic mass is 16.4. The van der Waals surface area contributed by atoms with Crippen molar-refractivity contribution in [2.45, 2.75) is 25.2 Å². The standard InChI is InChI=1S/C12H14O3/c13-10-5-3-9(4-6-10)11(7-12(14)15)8-1-2-8/h3-6,8,11,13H,1-2,7H2,(H,14,15). The van der Waals surface area contributed by atoms with Crippen molar-refractivity contribution in [2.24, 2.45) is 5.92 Å². The molecule has 3 heteroatoms. The van der Waals surface area contributed by atoms with Crippen LogP contribution in [0.2, 0.25) is 0 Å². The Labute approximate surface area is 88.4 Å². The molecule has 1 atom stereocenters. The first-order valence-corrected chi connectivity index (χ1v) is 5.17. The first-order chi connectivity index (χ1) is 7.16. The van der Waals surface area contributed by atoms with Gasteiger partial charge in [0.1, 0.15) is 5.75 Å². The van der Waals surface area contributed by atoms with Gasteiger partial charge in [0, 0.05) is 0 Å². The van der Waals surface area contributed by atoms with Crippen LogP contribution in [0, 0.1) is 5.92 Å². The van der Waals surface area contributed by atoms with Gasteiger partial charge in [-0.3, -0.25) is 4.79 Å². The SMILES string of the molecule is O=C(O)CC(c1ccc(O)cc1)C1CC1. The second-order valence-corrected chi connectivity index (χ2v) is 4.13. The van der Waals surface area contributed by atoms with Crippen LogP contribution in [0.15, 0.2) is 24.3 Å². The molecule has 0 spiro atoms. The third kappa shape index (κ3) is 2.49. The van der Waals surface area contributed by atoms with Gasteiger partial charge in [0.15, 0.2) is 0 Å². The Balaban J connectivity index is 2.16. The smallest absolute Gasteiger partial charge is 0.303 e. The second kappa shape index (κ2) is 3.93. The number of aromatic hydroxyl groups is 1. The Kier molecular flexibility index (Phi) is 2.62. The third-order valence-electron chi connectivity index (χ3n) is 2.91. The molecule has 3 nitrogen and oxygen atoms in total. The zero-order valence-corrected chi connectivity index (χ0v) is 8.39. The number of hydrogen-bond acceptors (Lipinski definition) is 2. The molecule has 0 aromatic heterocycles. The Hall–Kier alpha value is -1.51. The fourth-order valence-electron chi connectivity index (χ4n) is 1.96. The first kappa shape index (κ1) is 10.0. The quantitative estimate of drug-likeness (QED) is 0.795. The third-order valence-corrected chi connectivity index (χ3v) is 2.91. The summed E-state index contributed by atoms with van der Waals surface area (Å²) in [5.41, 5.74) is 1.03. The summed E-state index contributed by atoms with van der Waals surface area (Å²) in [7, 11) is 0. The summed E-state index contributed by atoms with van der Waals surface area (Å²) < 4.78 is 0. The lowest BCUT2D eigenvalue weighted by Crippen LogP contribution is -2.08. The van der Waals surface area contributed by atoms with Crippen LogP contribution in [0.1, 0.15) is 30.7 Å². The lowest BCUT2D eigenvalue weighted by Gasteiger charge is -2.14. The predicted molar refractivity (Wildman–Crippen MR) is 55.8 cm³/mol. The average molecular weight is 206 g/mol. The van der Waals surface area contributed by atoms with Gasteiger partial charge in [0.25, 0.3) is 0 Å². The van der Waals surface area contributed by atoms with Crippen LogP contribution in [0.5, 0.6) is 5.75 Å². The van der Waals surface area contributed by atoms with E-state index in [1.54, 1.807) is 12.1 Å². The summed E-state index contributed by atoms with van der Waals surface area (Å²) in [6, 6.07) is 6.88. The van der Waals surface area contributed by atoms with Crippen molar-refractivity contribution < 1.29 is 15.0 Å². The Morgan fingerprint density at radius 2 is 1.93 bits per heavy atom. The molecular formula is C12H14O3. The Morgan fingerprint density at radius 3 is 2.40 bits per heavy atom. The molecule has 1 aliphatic carbocycles. The summed E-state index contributed by atoms with van der Waals surface area (Å²) >= 11 is 0. The topological polar surface area (TPSA) is 57.5 Å². The van der Waals surface area contributed by atoms with Gasteiger partial charge in [-0.2, -0.15) is 0 Å². The fraction of sp³-hybridized carbons (Fsp3) is 0.417. The van der Waals surface area contributed by atoms with Gasteiger partial charge in [0.2, 0.25) is 0 Å². The van der Waals surface area contributed by atoms with Crippen molar-refractivity contribution in [1.82, 2.24) is 0 Å². The number of phenols is 1. The number of carboxylic acid groups (broad SMARTS) is 1. The molecule has 15 heavy (non-hydrogen) atoms. The normalized spacial score (nSPS) is 17.3. The minimum atomic E-state index is -0.750. The minimum absolute atomic E-state index is 0.114. The van der Waals surface area contributed by atoms with E-state index in [1.165, 1.54) is 0 Å². The van der Waals surface area contributed by atoms with Gasteiger partial charge < -0.3 is 10.2 Å². The molecule has 1 fully saturated rings. The number of hydrogen-bond donors (Lipinski definition) is 2. The van der Waals surface area contributed by atoms with Crippen LogP contribution >= 0.6 is 0 Å². The molecule has 0 bridgehead atoms. The van der Waals surface area contributed by atoms with Crippen molar-refractivity contribution >= 4 is 5.97 Å². The van der Waals surface area contributed by atoms with Crippen molar-refractivity contribution in [1.29, 1.82) is 0 Å². The predicted octanol–water partition coefficient (Wildman–Crippen LogP) is 2.36. The van der Waals surface area contributed by atoms with Crippen molar-refractivity contribution in [3.63, 3.8) is 0 Å². The zero-order valence-electron chi connectivity index (χ0n) is 8.39. The molecule has 1 aliphatic rings. The molecule has 0 saturated heterocycles. The maximum Gasteiger partial charge on any atom is 0.303 e. The highest BCUT2D eigenvalue weighted by Crippen LogP contribution is 2.44. The molecule has 1 aromatic carbocycles. The highest BCUT2D eigenvalue weighted by molar-refractivity contribution is 5.68. The van der Waals surface area contributed by atoms with Gasteiger partial charge in [0.05, 0.1) is 6.42 Å². The molecule has 80 valence electrons. The molecule has 0 amide bonds. The Morgan fingerprint density at radius 1 is 1.33 bits per heavy atom. The summed E-state index contributed by atoms with van der Waals surface area (Å²) in [5, 5.41) is 18.0. The number of rotatable bonds is 4. The molecule has 0 heterocycles. The number of benzene rings is 1. The Bertz CT molecular complexity index is 352. The zero-order chi connectivity index (χ0) is 10.8. The summed E-state index contributed by atoms with van der Waals surface area (Å²) in [6.07, 6.45) is 2.44. The van der Waals surface area contributed by atoms with Gasteiger partial charge >= 0.3 is 5.97 Å². The van der Waals surface area contributed by atoms with Crippen LogP contribution in [-0.2, 0) is 4.79 Å². The summed E-state index contributed by atoms with van der Waals surface area (Å²) in [6.45, 7) is 0. The molecule has 2 rings (SSSR count). The average Bonchev–Trinajstić information content (AvgIpc) is 2.99. The van der Waals surface area contributed by atoms with E-state index in [1.807, 2.05) is 12.1 Å². The van der Waals surface area contributed by atoms with E-state index in [0.717, 1.165) is 18.4 Å². The molecular weight excluding hydrogens is 192 g/mol. The largest absolute Gasteiger partial charge is 0.508 e. The lowest BCUT2D eigenvalue weighted by molar-refractivity contribution is -0.137. The van der Waals surface area contributed by atoms with Gasteiger partial charge in [-0.1, -0.05) is 12.1 Å². The number of aliphatic carboxylic acids is 1. The molecule has 0 radical (unpaired) electrons. The van der Waals surface area contributed by atoms with E-state index in [2.05, 4.69) is 0 Å². The molecule has 1 aromatic rings. The summed E-state index contributed by atoms with van der Waals surface area (Å²) in [4.78, 5) is 10.7. The van der Waals surface area contributed by atoms with Crippen LogP contribution < -0.4 is 0 Å². The maximum atomic E-state index is 10.7. The molecule has 0 aliphatic heterocycles. The van der Waals surface area contributed by atoms with E-state index in [9.17, 15) is 4.79 Å². The van der Waals surface area contributed by atoms with Crippen LogP contribution in [-0.4, -0.2) is 16.2 Å². The summed E-state index contributed by atoms with van der Waals surface area (Å²) in [5.74, 6) is 0.109. The molecule has 1 saturated carbocycles. The van der Waals surface area contributed by atoms with Crippen LogP contribution in [0.3, 0.4) is 0 Å². The van der Waals surface area contributed by atoms with Gasteiger partial charge in [-0.15, -0.1) is 0 Å². The van der Waals surface area contributed by atoms with E-state index < -0.39 is 5.97 Å². The van der Waals surface area contributed by atoms with Gasteiger partial charge in [-0.25, -0.2) is 0 Å². The lowest BCUT2D eigenvalue weighted by atomic mass is 9.91. The fourth-order valence-corrected chi connectivity index (χ4v) is 1.96. The van der Waals surface area contributed by atoms with E-state index in [-0.39, 0.29) is 18.1 Å². The number of carboxylic acids is 1.